The number of nitrogens with zero attached hydrogens (tertiary/aromatic N) is 3. The Hall–Kier alpha value is -3.54. The first kappa shape index (κ1) is 22.2. The van der Waals surface area contributed by atoms with Gasteiger partial charge in [-0.05, 0) is 24.3 Å². The van der Waals surface area contributed by atoms with Crippen molar-refractivity contribution in [3.8, 4) is 22.3 Å². The van der Waals surface area contributed by atoms with E-state index in [0.717, 1.165) is 23.7 Å². The lowest BCUT2D eigenvalue weighted by Crippen LogP contribution is -2.29. The van der Waals surface area contributed by atoms with Crippen LogP contribution in [0.1, 0.15) is 11.1 Å². The maximum Gasteiger partial charge on any atom is 0.416 e. The number of para-hydroxylation sites is 1. The Labute approximate surface area is 177 Å². The van der Waals surface area contributed by atoms with Crippen molar-refractivity contribution in [2.45, 2.75) is 6.18 Å². The molecule has 0 fully saturated rings. The molecule has 1 amide bonds. The average molecular weight is 454 g/mol. The van der Waals surface area contributed by atoms with Crippen molar-refractivity contribution < 1.29 is 31.9 Å². The van der Waals surface area contributed by atoms with Crippen molar-refractivity contribution in [1.29, 1.82) is 0 Å². The van der Waals surface area contributed by atoms with Crippen molar-refractivity contribution in [3.05, 3.63) is 59.7 Å². The van der Waals surface area contributed by atoms with Gasteiger partial charge in [0.1, 0.15) is 5.75 Å². The molecule has 0 saturated carbocycles. The van der Waals surface area contributed by atoms with Crippen LogP contribution >= 0.6 is 11.5 Å². The predicted octanol–water partition coefficient (Wildman–Crippen LogP) is 4.41. The summed E-state index contributed by atoms with van der Waals surface area (Å²) in [5.41, 5.74) is -0.422. The first-order valence-corrected chi connectivity index (χ1v) is 9.37. The molecule has 12 heteroatoms. The molecular formula is C19H14F4N4O3S. The molecule has 1 heterocycles. The number of carbonyl (C=O) groups is 1. The Morgan fingerprint density at radius 2 is 1.87 bits per heavy atom. The smallest absolute Gasteiger partial charge is 0.416 e. The third-order valence-corrected chi connectivity index (χ3v) is 4.46. The second-order valence-corrected chi connectivity index (χ2v) is 6.53. The maximum absolute atomic E-state index is 12.7. The minimum absolute atomic E-state index is 0.0741. The highest BCUT2D eigenvalue weighted by atomic mass is 32.1. The van der Waals surface area contributed by atoms with E-state index < -0.39 is 24.5 Å². The average Bonchev–Trinajstić information content (AvgIpc) is 3.23. The van der Waals surface area contributed by atoms with E-state index in [1.54, 1.807) is 12.1 Å². The number of benzene rings is 2. The molecule has 0 radical (unpaired) electrons. The Morgan fingerprint density at radius 3 is 2.52 bits per heavy atom. The molecule has 0 bridgehead atoms. The zero-order valence-electron chi connectivity index (χ0n) is 15.8. The third kappa shape index (κ3) is 5.34. The minimum Gasteiger partial charge on any atom is -0.429 e. The number of alkyl halides is 4. The number of oxime groups is 1. The predicted molar refractivity (Wildman–Crippen MR) is 105 cm³/mol. The fourth-order valence-electron chi connectivity index (χ4n) is 2.44. The normalized spacial score (nSPS) is 11.8. The monoisotopic (exact) mass is 454 g/mol. The molecule has 7 nitrogen and oxygen atoms in total. The number of carbonyl (C=O) groups excluding carboxylic acids is 1. The summed E-state index contributed by atoms with van der Waals surface area (Å²) in [4.78, 5) is 20.6. The van der Waals surface area contributed by atoms with Crippen molar-refractivity contribution in [3.63, 3.8) is 0 Å². The minimum atomic E-state index is -4.44. The van der Waals surface area contributed by atoms with E-state index in [1.165, 1.54) is 31.3 Å². The quantitative estimate of drug-likeness (QED) is 0.325. The number of ether oxygens (including phenoxy) is 1. The number of halogens is 4. The van der Waals surface area contributed by atoms with Crippen molar-refractivity contribution >= 4 is 23.2 Å². The van der Waals surface area contributed by atoms with Crippen LogP contribution in [0.5, 0.6) is 10.9 Å². The van der Waals surface area contributed by atoms with Crippen molar-refractivity contribution in [1.82, 2.24) is 14.7 Å². The van der Waals surface area contributed by atoms with Gasteiger partial charge in [-0.25, -0.2) is 4.39 Å². The highest BCUT2D eigenvalue weighted by Crippen LogP contribution is 2.32. The molecule has 1 aromatic heterocycles. The summed E-state index contributed by atoms with van der Waals surface area (Å²) in [5.74, 6) is -0.290. The van der Waals surface area contributed by atoms with Crippen molar-refractivity contribution in [2.75, 3.05) is 13.9 Å². The number of hydrogen-bond acceptors (Lipinski definition) is 7. The highest BCUT2D eigenvalue weighted by Gasteiger charge is 2.30. The van der Waals surface area contributed by atoms with Crippen LogP contribution in [0.2, 0.25) is 0 Å². The molecule has 2 aromatic carbocycles. The third-order valence-electron chi connectivity index (χ3n) is 3.86. The van der Waals surface area contributed by atoms with Crippen LogP contribution in [0.25, 0.3) is 11.4 Å². The number of aromatic nitrogens is 2. The van der Waals surface area contributed by atoms with Crippen LogP contribution in [-0.4, -0.2) is 34.9 Å². The number of hydrogen-bond donors (Lipinski definition) is 1. The molecule has 0 atom stereocenters. The molecule has 0 unspecified atom stereocenters. The fourth-order valence-corrected chi connectivity index (χ4v) is 3.01. The molecule has 3 rings (SSSR count). The first-order chi connectivity index (χ1) is 14.8. The van der Waals surface area contributed by atoms with Crippen LogP contribution in [0.3, 0.4) is 0 Å². The number of amides is 1. The molecule has 3 aromatic rings. The molecule has 0 spiro atoms. The molecule has 0 aliphatic rings. The Bertz CT molecular complexity index is 1080. The van der Waals surface area contributed by atoms with Gasteiger partial charge in [-0.15, -0.1) is 0 Å². The molecule has 0 aliphatic heterocycles. The Balaban J connectivity index is 1.87. The van der Waals surface area contributed by atoms with Gasteiger partial charge in [-0.2, -0.15) is 22.5 Å². The van der Waals surface area contributed by atoms with Gasteiger partial charge >= 0.3 is 6.18 Å². The largest absolute Gasteiger partial charge is 0.429 e. The zero-order chi connectivity index (χ0) is 22.4. The van der Waals surface area contributed by atoms with E-state index in [9.17, 15) is 22.4 Å². The summed E-state index contributed by atoms with van der Waals surface area (Å²) >= 11 is 0.864. The maximum atomic E-state index is 12.7. The number of nitrogens with one attached hydrogen (secondary N) is 1. The van der Waals surface area contributed by atoms with E-state index >= 15 is 0 Å². The number of rotatable bonds is 7. The molecule has 31 heavy (non-hydrogen) atoms. The summed E-state index contributed by atoms with van der Waals surface area (Å²) < 4.78 is 60.3. The fraction of sp³-hybridized carbons (Fsp3) is 0.158. The summed E-state index contributed by atoms with van der Waals surface area (Å²) in [5, 5.41) is 5.94. The van der Waals surface area contributed by atoms with Gasteiger partial charge in [-0.1, -0.05) is 29.4 Å². The summed E-state index contributed by atoms with van der Waals surface area (Å²) in [6, 6.07) is 10.7. The molecule has 1 N–H and O–H groups in total. The lowest BCUT2D eigenvalue weighted by atomic mass is 10.1. The van der Waals surface area contributed by atoms with E-state index in [4.69, 9.17) is 4.74 Å². The van der Waals surface area contributed by atoms with Gasteiger partial charge in [0.15, 0.2) is 11.5 Å². The molecule has 162 valence electrons. The zero-order valence-corrected chi connectivity index (χ0v) is 16.6. The van der Waals surface area contributed by atoms with Crippen LogP contribution in [0, 0.1) is 0 Å². The van der Waals surface area contributed by atoms with E-state index in [-0.39, 0.29) is 28.0 Å². The second-order valence-electron chi connectivity index (χ2n) is 5.81. The van der Waals surface area contributed by atoms with Crippen LogP contribution in [-0.2, 0) is 15.8 Å². The standard InChI is InChI=1S/C19H14F4N4O3S/c1-24-17(28)15(26-29-10-20)13-4-2-3-5-14(13)30-18-25-16(27-31-18)11-6-8-12(9-7-11)19(21,22)23/h2-9H,10H2,1H3,(H,24,28). The Morgan fingerprint density at radius 1 is 1.16 bits per heavy atom. The molecule has 0 aliphatic carbocycles. The topological polar surface area (TPSA) is 85.7 Å². The second kappa shape index (κ2) is 9.51. The van der Waals surface area contributed by atoms with E-state index in [2.05, 4.69) is 24.7 Å². The van der Waals surface area contributed by atoms with Crippen molar-refractivity contribution in [2.24, 2.45) is 5.16 Å². The van der Waals surface area contributed by atoms with E-state index in [1.807, 2.05) is 0 Å². The summed E-state index contributed by atoms with van der Waals surface area (Å²) in [6.45, 7) is -1.23. The lowest BCUT2D eigenvalue weighted by Gasteiger charge is -2.10. The van der Waals surface area contributed by atoms with E-state index in [0.29, 0.717) is 5.56 Å². The van der Waals surface area contributed by atoms with Gasteiger partial charge in [0.2, 0.25) is 0 Å². The SMILES string of the molecule is CNC(=O)C(=NOCF)c1ccccc1Oc1nc(-c2ccc(C(F)(F)F)cc2)ns1. The molecule has 0 saturated heterocycles. The first-order valence-electron chi connectivity index (χ1n) is 8.60. The van der Waals surface area contributed by atoms with Gasteiger partial charge < -0.3 is 14.9 Å². The summed E-state index contributed by atoms with van der Waals surface area (Å²) in [6.07, 6.45) is -4.44. The van der Waals surface area contributed by atoms with Gasteiger partial charge in [0, 0.05) is 24.1 Å². The highest BCUT2D eigenvalue weighted by molar-refractivity contribution is 7.07. The molecular weight excluding hydrogens is 440 g/mol. The van der Waals surface area contributed by atoms with Gasteiger partial charge in [0.05, 0.1) is 11.1 Å². The Kier molecular flexibility index (Phi) is 6.80. The lowest BCUT2D eigenvalue weighted by molar-refractivity contribution is -0.137. The van der Waals surface area contributed by atoms with Crippen LogP contribution < -0.4 is 10.1 Å². The summed E-state index contributed by atoms with van der Waals surface area (Å²) in [7, 11) is 1.37. The van der Waals surface area contributed by atoms with Crippen LogP contribution in [0.15, 0.2) is 53.7 Å². The van der Waals surface area contributed by atoms with Gasteiger partial charge in [0.25, 0.3) is 18.0 Å². The van der Waals surface area contributed by atoms with Gasteiger partial charge in [-0.3, -0.25) is 4.79 Å². The number of likely N-dealkylation sites (N-methyl/N-ethyl adjacent to an activating group) is 1. The van der Waals surface area contributed by atoms with Crippen LogP contribution in [0.4, 0.5) is 17.6 Å².